The molecule has 0 saturated carbocycles. The summed E-state index contributed by atoms with van der Waals surface area (Å²) in [6, 6.07) is 13.9. The Balaban J connectivity index is 1.50. The number of nitrogens with one attached hydrogen (secondary N) is 1. The minimum Gasteiger partial charge on any atom is -0.369 e. The second-order valence-electron chi connectivity index (χ2n) is 6.45. The van der Waals surface area contributed by atoms with Crippen molar-refractivity contribution in [1.29, 1.82) is 0 Å². The Labute approximate surface area is 146 Å². The highest BCUT2D eigenvalue weighted by molar-refractivity contribution is 5.97. The molecule has 0 bridgehead atoms. The van der Waals surface area contributed by atoms with Crippen molar-refractivity contribution in [3.05, 3.63) is 53.6 Å². The molecule has 0 atom stereocenters. The Morgan fingerprint density at radius 2 is 1.84 bits per heavy atom. The van der Waals surface area contributed by atoms with Crippen LogP contribution in [0.15, 0.2) is 42.5 Å². The number of benzene rings is 2. The van der Waals surface area contributed by atoms with E-state index in [1.807, 2.05) is 23.1 Å². The summed E-state index contributed by atoms with van der Waals surface area (Å²) in [5, 5.41) is 10.7. The molecule has 0 aliphatic carbocycles. The highest BCUT2D eigenvalue weighted by atomic mass is 16.2. The maximum absolute atomic E-state index is 12.9. The predicted molar refractivity (Wildman–Crippen MR) is 97.8 cm³/mol. The van der Waals surface area contributed by atoms with E-state index in [9.17, 15) is 4.79 Å². The van der Waals surface area contributed by atoms with Crippen LogP contribution in [0.3, 0.4) is 0 Å². The molecule has 1 fully saturated rings. The molecule has 0 radical (unpaired) electrons. The van der Waals surface area contributed by atoms with Gasteiger partial charge in [0.25, 0.3) is 5.91 Å². The molecule has 2 aromatic carbocycles. The quantitative estimate of drug-likeness (QED) is 0.782. The molecule has 3 aromatic rings. The first-order valence-corrected chi connectivity index (χ1v) is 8.63. The summed E-state index contributed by atoms with van der Waals surface area (Å²) < 4.78 is 0. The molecule has 1 aromatic heterocycles. The fourth-order valence-electron chi connectivity index (χ4n) is 3.44. The third-order valence-corrected chi connectivity index (χ3v) is 4.80. The number of hydrogen-bond donors (Lipinski definition) is 1. The van der Waals surface area contributed by atoms with Gasteiger partial charge in [0, 0.05) is 37.4 Å². The number of H-pyrrole nitrogens is 1. The van der Waals surface area contributed by atoms with Gasteiger partial charge in [-0.25, -0.2) is 0 Å². The van der Waals surface area contributed by atoms with Gasteiger partial charge in [-0.15, -0.1) is 0 Å². The molecule has 0 spiro atoms. The van der Waals surface area contributed by atoms with Crippen molar-refractivity contribution in [3.63, 3.8) is 0 Å². The molecule has 1 saturated heterocycles. The molecule has 0 unspecified atom stereocenters. The van der Waals surface area contributed by atoms with Gasteiger partial charge in [-0.05, 0) is 43.2 Å². The Morgan fingerprint density at radius 3 is 2.72 bits per heavy atom. The molecule has 1 aliphatic rings. The van der Waals surface area contributed by atoms with Crippen LogP contribution in [0.1, 0.15) is 22.3 Å². The molecule has 25 heavy (non-hydrogen) atoms. The minimum absolute atomic E-state index is 0.0662. The van der Waals surface area contributed by atoms with Crippen molar-refractivity contribution in [2.45, 2.75) is 13.3 Å². The van der Waals surface area contributed by atoms with Crippen LogP contribution in [0.2, 0.25) is 0 Å². The van der Waals surface area contributed by atoms with Crippen LogP contribution in [-0.2, 0) is 0 Å². The summed E-state index contributed by atoms with van der Waals surface area (Å²) in [5.41, 5.74) is 4.71. The van der Waals surface area contributed by atoms with Crippen LogP contribution in [0.5, 0.6) is 0 Å². The lowest BCUT2D eigenvalue weighted by Gasteiger charge is -2.25. The summed E-state index contributed by atoms with van der Waals surface area (Å²) in [5.74, 6) is 0.0662. The van der Waals surface area contributed by atoms with Gasteiger partial charge in [-0.2, -0.15) is 15.4 Å². The van der Waals surface area contributed by atoms with Crippen molar-refractivity contribution in [2.24, 2.45) is 0 Å². The normalized spacial score (nSPS) is 15.4. The summed E-state index contributed by atoms with van der Waals surface area (Å²) in [4.78, 5) is 17.2. The lowest BCUT2D eigenvalue weighted by molar-refractivity contribution is 0.0767. The first-order chi connectivity index (χ1) is 12.2. The maximum atomic E-state index is 12.9. The fourth-order valence-corrected chi connectivity index (χ4v) is 3.44. The van der Waals surface area contributed by atoms with Gasteiger partial charge in [-0.1, -0.05) is 18.2 Å². The van der Waals surface area contributed by atoms with Crippen LogP contribution >= 0.6 is 0 Å². The van der Waals surface area contributed by atoms with Crippen LogP contribution in [-0.4, -0.2) is 52.4 Å². The van der Waals surface area contributed by atoms with Crippen molar-refractivity contribution >= 4 is 22.6 Å². The Morgan fingerprint density at radius 1 is 1.00 bits per heavy atom. The molecule has 2 heterocycles. The average molecular weight is 335 g/mol. The summed E-state index contributed by atoms with van der Waals surface area (Å²) in [6.45, 7) is 5.46. The number of rotatable bonds is 2. The molecule has 6 heteroatoms. The van der Waals surface area contributed by atoms with Gasteiger partial charge in [-0.3, -0.25) is 4.79 Å². The van der Waals surface area contributed by atoms with E-state index in [0.717, 1.165) is 43.6 Å². The van der Waals surface area contributed by atoms with Gasteiger partial charge < -0.3 is 9.80 Å². The number of aromatic nitrogens is 3. The predicted octanol–water partition coefficient (Wildman–Crippen LogP) is 2.62. The van der Waals surface area contributed by atoms with Crippen LogP contribution in [0.25, 0.3) is 11.0 Å². The van der Waals surface area contributed by atoms with Gasteiger partial charge in [0.1, 0.15) is 11.0 Å². The number of anilines is 1. The van der Waals surface area contributed by atoms with Gasteiger partial charge >= 0.3 is 0 Å². The van der Waals surface area contributed by atoms with E-state index in [0.29, 0.717) is 5.56 Å². The molecular formula is C19H21N5O. The topological polar surface area (TPSA) is 65.1 Å². The lowest BCUT2D eigenvalue weighted by Crippen LogP contribution is -2.35. The zero-order valence-corrected chi connectivity index (χ0v) is 14.3. The Hall–Kier alpha value is -2.89. The maximum Gasteiger partial charge on any atom is 0.253 e. The number of para-hydroxylation sites is 1. The zero-order valence-electron chi connectivity index (χ0n) is 14.3. The van der Waals surface area contributed by atoms with E-state index in [-0.39, 0.29) is 5.91 Å². The van der Waals surface area contributed by atoms with E-state index in [2.05, 4.69) is 51.5 Å². The Kier molecular flexibility index (Phi) is 4.09. The monoisotopic (exact) mass is 335 g/mol. The largest absolute Gasteiger partial charge is 0.369 e. The van der Waals surface area contributed by atoms with E-state index in [1.54, 1.807) is 0 Å². The molecule has 128 valence electrons. The molecule has 6 nitrogen and oxygen atoms in total. The first-order valence-electron chi connectivity index (χ1n) is 8.63. The lowest BCUT2D eigenvalue weighted by atomic mass is 10.1. The van der Waals surface area contributed by atoms with Gasteiger partial charge in [0.2, 0.25) is 0 Å². The summed E-state index contributed by atoms with van der Waals surface area (Å²) >= 11 is 0. The highest BCUT2D eigenvalue weighted by Crippen LogP contribution is 2.21. The van der Waals surface area contributed by atoms with E-state index >= 15 is 0 Å². The fraction of sp³-hybridized carbons (Fsp3) is 0.316. The SMILES string of the molecule is Cc1ccccc1N1CCCN(C(=O)c2ccc3n[nH]nc3c2)CC1. The number of nitrogens with zero attached hydrogens (tertiary/aromatic N) is 4. The number of carbonyl (C=O) groups is 1. The van der Waals surface area contributed by atoms with Gasteiger partial charge in [0.15, 0.2) is 0 Å². The van der Waals surface area contributed by atoms with E-state index < -0.39 is 0 Å². The summed E-state index contributed by atoms with van der Waals surface area (Å²) in [7, 11) is 0. The smallest absolute Gasteiger partial charge is 0.253 e. The van der Waals surface area contributed by atoms with Crippen LogP contribution in [0, 0.1) is 6.92 Å². The molecule has 1 N–H and O–H groups in total. The Bertz CT molecular complexity index is 903. The number of carbonyl (C=O) groups excluding carboxylic acids is 1. The van der Waals surface area contributed by atoms with Crippen molar-refractivity contribution in [2.75, 3.05) is 31.1 Å². The zero-order chi connectivity index (χ0) is 17.2. The second-order valence-corrected chi connectivity index (χ2v) is 6.45. The standard InChI is InChI=1S/C19H21N5O/c1-14-5-2-3-6-18(14)23-9-4-10-24(12-11-23)19(25)15-7-8-16-17(13-15)21-22-20-16/h2-3,5-8,13H,4,9-12H2,1H3,(H,20,21,22). The molecule has 1 aliphatic heterocycles. The minimum atomic E-state index is 0.0662. The van der Waals surface area contributed by atoms with E-state index in [4.69, 9.17) is 0 Å². The van der Waals surface area contributed by atoms with Gasteiger partial charge in [0.05, 0.1) is 0 Å². The van der Waals surface area contributed by atoms with E-state index in [1.165, 1.54) is 11.3 Å². The summed E-state index contributed by atoms with van der Waals surface area (Å²) in [6.07, 6.45) is 0.965. The first kappa shape index (κ1) is 15.6. The number of hydrogen-bond acceptors (Lipinski definition) is 4. The van der Waals surface area contributed by atoms with Crippen molar-refractivity contribution in [3.8, 4) is 0 Å². The number of amides is 1. The van der Waals surface area contributed by atoms with Crippen molar-refractivity contribution in [1.82, 2.24) is 20.3 Å². The number of fused-ring (bicyclic) bond motifs is 1. The number of aromatic amines is 1. The average Bonchev–Trinajstić information content (AvgIpc) is 2.97. The highest BCUT2D eigenvalue weighted by Gasteiger charge is 2.21. The van der Waals surface area contributed by atoms with Crippen LogP contribution in [0.4, 0.5) is 5.69 Å². The number of aryl methyl sites for hydroxylation is 1. The van der Waals surface area contributed by atoms with Crippen molar-refractivity contribution < 1.29 is 4.79 Å². The molecule has 4 rings (SSSR count). The molecule has 1 amide bonds. The van der Waals surface area contributed by atoms with Crippen LogP contribution < -0.4 is 4.90 Å². The molecular weight excluding hydrogens is 314 g/mol. The third-order valence-electron chi connectivity index (χ3n) is 4.80. The second kappa shape index (κ2) is 6.55. The third kappa shape index (κ3) is 3.07.